The normalized spacial score (nSPS) is 14.3. The molecule has 1 aliphatic heterocycles. The van der Waals surface area contributed by atoms with Crippen LogP contribution in [0.5, 0.6) is 0 Å². The van der Waals surface area contributed by atoms with Crippen LogP contribution in [0.3, 0.4) is 0 Å². The zero-order valence-electron chi connectivity index (χ0n) is 17.6. The predicted molar refractivity (Wildman–Crippen MR) is 138 cm³/mol. The predicted octanol–water partition coefficient (Wildman–Crippen LogP) is 5.79. The number of hydrogen-bond donors (Lipinski definition) is 0. The SMILES string of the molecule is Cc1cc(Cl)cc2sc(N(CCN3CCOCC3)C(=O)CSc3ccc(Cl)cc3)nc12.Cl. The molecule has 4 rings (SSSR count). The van der Waals surface area contributed by atoms with Gasteiger partial charge in [0.2, 0.25) is 5.91 Å². The third-order valence-electron chi connectivity index (χ3n) is 5.09. The summed E-state index contributed by atoms with van der Waals surface area (Å²) in [6.45, 7) is 6.61. The van der Waals surface area contributed by atoms with Gasteiger partial charge >= 0.3 is 0 Å². The Kier molecular flexibility index (Phi) is 9.49. The van der Waals surface area contributed by atoms with E-state index in [4.69, 9.17) is 32.9 Å². The Morgan fingerprint density at radius 1 is 1.19 bits per heavy atom. The summed E-state index contributed by atoms with van der Waals surface area (Å²) in [6.07, 6.45) is 0. The molecule has 0 aliphatic carbocycles. The maximum Gasteiger partial charge on any atom is 0.239 e. The van der Waals surface area contributed by atoms with Crippen LogP contribution in [0.4, 0.5) is 5.13 Å². The number of amides is 1. The summed E-state index contributed by atoms with van der Waals surface area (Å²) < 4.78 is 6.44. The Balaban J connectivity index is 0.00000289. The zero-order valence-corrected chi connectivity index (χ0v) is 21.5. The number of anilines is 1. The van der Waals surface area contributed by atoms with Gasteiger partial charge in [-0.25, -0.2) is 4.98 Å². The third kappa shape index (κ3) is 6.50. The van der Waals surface area contributed by atoms with Crippen molar-refractivity contribution in [1.82, 2.24) is 9.88 Å². The fraction of sp³-hybridized carbons (Fsp3) is 0.364. The lowest BCUT2D eigenvalue weighted by Crippen LogP contribution is -2.43. The second-order valence-corrected chi connectivity index (χ2v) is 10.2. The minimum atomic E-state index is 0. The van der Waals surface area contributed by atoms with Gasteiger partial charge < -0.3 is 4.74 Å². The Hall–Kier alpha value is -1.06. The number of nitrogens with zero attached hydrogens (tertiary/aromatic N) is 3. The van der Waals surface area contributed by atoms with Crippen molar-refractivity contribution in [2.45, 2.75) is 11.8 Å². The summed E-state index contributed by atoms with van der Waals surface area (Å²) in [5.41, 5.74) is 1.92. The summed E-state index contributed by atoms with van der Waals surface area (Å²) in [5.74, 6) is 0.372. The highest BCUT2D eigenvalue weighted by atomic mass is 35.5. The molecule has 0 atom stereocenters. The Morgan fingerprint density at radius 2 is 1.91 bits per heavy atom. The standard InChI is InChI=1S/C22H23Cl2N3O2S2.ClH/c1-15-12-17(24)13-19-21(15)25-22(31-19)27(7-6-26-8-10-29-11-9-26)20(28)14-30-18-4-2-16(23)3-5-18;/h2-5,12-13H,6-11,14H2,1H3;1H. The highest BCUT2D eigenvalue weighted by molar-refractivity contribution is 8.00. The Bertz CT molecular complexity index is 1060. The molecule has 172 valence electrons. The molecule has 2 aromatic carbocycles. The van der Waals surface area contributed by atoms with E-state index in [2.05, 4.69) is 4.90 Å². The number of fused-ring (bicyclic) bond motifs is 1. The molecular formula is C22H24Cl3N3O2S2. The number of ether oxygens (including phenoxy) is 1. The van der Waals surface area contributed by atoms with Crippen molar-refractivity contribution in [3.8, 4) is 0 Å². The average molecular weight is 533 g/mol. The van der Waals surface area contributed by atoms with Gasteiger partial charge in [-0.15, -0.1) is 24.2 Å². The van der Waals surface area contributed by atoms with E-state index < -0.39 is 0 Å². The van der Waals surface area contributed by atoms with Gasteiger partial charge in [0, 0.05) is 41.1 Å². The van der Waals surface area contributed by atoms with Crippen LogP contribution in [0.1, 0.15) is 5.56 Å². The van der Waals surface area contributed by atoms with E-state index in [1.807, 2.05) is 48.2 Å². The molecule has 1 amide bonds. The highest BCUT2D eigenvalue weighted by Gasteiger charge is 2.22. The quantitative estimate of drug-likeness (QED) is 0.360. The molecule has 0 saturated carbocycles. The topological polar surface area (TPSA) is 45.7 Å². The van der Waals surface area contributed by atoms with Crippen molar-refractivity contribution in [2.24, 2.45) is 0 Å². The molecule has 1 saturated heterocycles. The molecule has 0 N–H and O–H groups in total. The molecule has 3 aromatic rings. The molecule has 0 spiro atoms. The van der Waals surface area contributed by atoms with E-state index in [0.29, 0.717) is 22.3 Å². The van der Waals surface area contributed by atoms with Crippen molar-refractivity contribution in [3.63, 3.8) is 0 Å². The van der Waals surface area contributed by atoms with Gasteiger partial charge in [-0.1, -0.05) is 34.5 Å². The van der Waals surface area contributed by atoms with Crippen LogP contribution >= 0.6 is 58.7 Å². The van der Waals surface area contributed by atoms with Gasteiger partial charge in [0.25, 0.3) is 0 Å². The largest absolute Gasteiger partial charge is 0.379 e. The Morgan fingerprint density at radius 3 is 2.62 bits per heavy atom. The fourth-order valence-electron chi connectivity index (χ4n) is 3.41. The van der Waals surface area contributed by atoms with E-state index in [1.165, 1.54) is 23.1 Å². The van der Waals surface area contributed by atoms with E-state index in [1.54, 1.807) is 0 Å². The number of benzene rings is 2. The highest BCUT2D eigenvalue weighted by Crippen LogP contribution is 2.33. The van der Waals surface area contributed by atoms with Crippen LogP contribution in [0.2, 0.25) is 10.0 Å². The number of halogens is 3. The van der Waals surface area contributed by atoms with Gasteiger partial charge in [0.15, 0.2) is 5.13 Å². The molecule has 0 unspecified atom stereocenters. The molecule has 2 heterocycles. The number of carbonyl (C=O) groups excluding carboxylic acids is 1. The molecule has 0 bridgehead atoms. The van der Waals surface area contributed by atoms with Crippen molar-refractivity contribution in [2.75, 3.05) is 50.0 Å². The van der Waals surface area contributed by atoms with Crippen molar-refractivity contribution in [1.29, 1.82) is 0 Å². The number of carbonyl (C=O) groups is 1. The molecule has 0 radical (unpaired) electrons. The average Bonchev–Trinajstić information content (AvgIpc) is 3.18. The smallest absolute Gasteiger partial charge is 0.239 e. The van der Waals surface area contributed by atoms with Crippen molar-refractivity contribution in [3.05, 3.63) is 52.0 Å². The molecular weight excluding hydrogens is 509 g/mol. The van der Waals surface area contributed by atoms with Crippen LogP contribution in [-0.4, -0.2) is 60.9 Å². The summed E-state index contributed by atoms with van der Waals surface area (Å²) in [6, 6.07) is 11.4. The molecule has 5 nitrogen and oxygen atoms in total. The van der Waals surface area contributed by atoms with Crippen molar-refractivity contribution < 1.29 is 9.53 Å². The number of aryl methyl sites for hydroxylation is 1. The van der Waals surface area contributed by atoms with E-state index in [0.717, 1.165) is 58.7 Å². The van der Waals surface area contributed by atoms with E-state index in [-0.39, 0.29) is 18.3 Å². The van der Waals surface area contributed by atoms with E-state index in [9.17, 15) is 4.79 Å². The first-order valence-electron chi connectivity index (χ1n) is 10.0. The lowest BCUT2D eigenvalue weighted by atomic mass is 10.2. The molecule has 1 fully saturated rings. The van der Waals surface area contributed by atoms with Crippen LogP contribution in [0.25, 0.3) is 10.2 Å². The maximum atomic E-state index is 13.3. The number of thioether (sulfide) groups is 1. The first-order chi connectivity index (χ1) is 15.0. The monoisotopic (exact) mass is 531 g/mol. The minimum absolute atomic E-state index is 0. The van der Waals surface area contributed by atoms with Crippen LogP contribution in [0.15, 0.2) is 41.3 Å². The number of hydrogen-bond acceptors (Lipinski definition) is 6. The van der Waals surface area contributed by atoms with Crippen LogP contribution in [-0.2, 0) is 9.53 Å². The summed E-state index contributed by atoms with van der Waals surface area (Å²) >= 11 is 15.2. The molecule has 1 aliphatic rings. The lowest BCUT2D eigenvalue weighted by molar-refractivity contribution is -0.116. The summed E-state index contributed by atoms with van der Waals surface area (Å²) in [7, 11) is 0. The van der Waals surface area contributed by atoms with Gasteiger partial charge in [-0.05, 0) is 48.9 Å². The van der Waals surface area contributed by atoms with Crippen molar-refractivity contribution >= 4 is 80.0 Å². The molecule has 32 heavy (non-hydrogen) atoms. The van der Waals surface area contributed by atoms with Crippen LogP contribution < -0.4 is 4.90 Å². The van der Waals surface area contributed by atoms with Crippen LogP contribution in [0, 0.1) is 6.92 Å². The Labute approximate surface area is 212 Å². The van der Waals surface area contributed by atoms with Gasteiger partial charge in [-0.2, -0.15) is 0 Å². The summed E-state index contributed by atoms with van der Waals surface area (Å²) in [4.78, 5) is 23.2. The third-order valence-corrected chi connectivity index (χ3v) is 7.58. The second-order valence-electron chi connectivity index (χ2n) is 7.31. The summed E-state index contributed by atoms with van der Waals surface area (Å²) in [5, 5.41) is 2.09. The number of thiazole rings is 1. The first-order valence-corrected chi connectivity index (χ1v) is 12.6. The van der Waals surface area contributed by atoms with E-state index >= 15 is 0 Å². The molecule has 1 aromatic heterocycles. The second kappa shape index (κ2) is 11.9. The maximum absolute atomic E-state index is 13.3. The van der Waals surface area contributed by atoms with Gasteiger partial charge in [0.1, 0.15) is 0 Å². The minimum Gasteiger partial charge on any atom is -0.379 e. The first kappa shape index (κ1) is 25.6. The molecule has 10 heteroatoms. The van der Waals surface area contributed by atoms with Gasteiger partial charge in [0.05, 0.1) is 29.2 Å². The number of morpholine rings is 1. The zero-order chi connectivity index (χ0) is 21.8. The lowest BCUT2D eigenvalue weighted by Gasteiger charge is -2.29. The fourth-order valence-corrected chi connectivity index (χ4v) is 5.77. The van der Waals surface area contributed by atoms with Gasteiger partial charge in [-0.3, -0.25) is 14.6 Å². The number of rotatable bonds is 7. The number of aromatic nitrogens is 1.